The number of carbonyl (C=O) groups excluding carboxylic acids is 3. The van der Waals surface area contributed by atoms with Crippen LogP contribution >= 0.6 is 0 Å². The summed E-state index contributed by atoms with van der Waals surface area (Å²) >= 11 is 0. The Morgan fingerprint density at radius 2 is 1.75 bits per heavy atom. The summed E-state index contributed by atoms with van der Waals surface area (Å²) in [5.41, 5.74) is 1.96. The molecular weight excluding hydrogens is 463 g/mol. The molecule has 1 saturated heterocycles. The summed E-state index contributed by atoms with van der Waals surface area (Å²) < 4.78 is 19.4. The second kappa shape index (κ2) is 11.3. The SMILES string of the molecule is CCOC(=O)C1=C(CN2CCN(C(=O)c3ccccc3)CC2)N(CC)C(=O)NC1c1cccc(F)c1. The van der Waals surface area contributed by atoms with Gasteiger partial charge in [0, 0.05) is 50.5 Å². The lowest BCUT2D eigenvalue weighted by Gasteiger charge is -2.40. The van der Waals surface area contributed by atoms with Gasteiger partial charge in [0.05, 0.1) is 18.2 Å². The Morgan fingerprint density at radius 3 is 2.39 bits per heavy atom. The maximum Gasteiger partial charge on any atom is 0.338 e. The molecule has 1 atom stereocenters. The van der Waals surface area contributed by atoms with Crippen molar-refractivity contribution in [3.63, 3.8) is 0 Å². The largest absolute Gasteiger partial charge is 0.463 e. The molecule has 1 fully saturated rings. The van der Waals surface area contributed by atoms with Crippen LogP contribution in [0.2, 0.25) is 0 Å². The van der Waals surface area contributed by atoms with Crippen molar-refractivity contribution in [2.75, 3.05) is 45.9 Å². The standard InChI is InChI=1S/C27H31FN4O4/c1-3-32-22(18-30-13-15-31(16-14-30)25(33)19-9-6-5-7-10-19)23(26(34)36-4-2)24(29-27(32)35)20-11-8-12-21(28)17-20/h5-12,17,24H,3-4,13-16,18H2,1-2H3,(H,29,35). The first kappa shape index (κ1) is 25.4. The number of carbonyl (C=O) groups is 3. The number of nitrogens with zero attached hydrogens (tertiary/aromatic N) is 3. The Morgan fingerprint density at radius 1 is 1.03 bits per heavy atom. The van der Waals surface area contributed by atoms with Crippen molar-refractivity contribution in [1.82, 2.24) is 20.0 Å². The highest BCUT2D eigenvalue weighted by molar-refractivity contribution is 5.95. The average Bonchev–Trinajstić information content (AvgIpc) is 2.89. The molecule has 1 N–H and O–H groups in total. The topological polar surface area (TPSA) is 82.2 Å². The third kappa shape index (κ3) is 5.41. The van der Waals surface area contributed by atoms with Gasteiger partial charge in [0.15, 0.2) is 0 Å². The van der Waals surface area contributed by atoms with Gasteiger partial charge < -0.3 is 15.0 Å². The molecule has 190 valence electrons. The van der Waals surface area contributed by atoms with Crippen LogP contribution < -0.4 is 5.32 Å². The fourth-order valence-corrected chi connectivity index (χ4v) is 4.68. The van der Waals surface area contributed by atoms with Crippen LogP contribution in [0, 0.1) is 5.82 Å². The number of piperazine rings is 1. The minimum absolute atomic E-state index is 0.0138. The molecule has 0 bridgehead atoms. The van der Waals surface area contributed by atoms with Gasteiger partial charge >= 0.3 is 12.0 Å². The maximum absolute atomic E-state index is 14.0. The van der Waals surface area contributed by atoms with Crippen molar-refractivity contribution in [2.45, 2.75) is 19.9 Å². The van der Waals surface area contributed by atoms with E-state index in [2.05, 4.69) is 10.2 Å². The number of esters is 1. The fraction of sp³-hybridized carbons (Fsp3) is 0.370. The number of nitrogens with one attached hydrogen (secondary N) is 1. The predicted molar refractivity (Wildman–Crippen MR) is 132 cm³/mol. The van der Waals surface area contributed by atoms with Gasteiger partial charge in [-0.15, -0.1) is 0 Å². The maximum atomic E-state index is 14.0. The van der Waals surface area contributed by atoms with Crippen molar-refractivity contribution in [2.24, 2.45) is 0 Å². The minimum Gasteiger partial charge on any atom is -0.463 e. The highest BCUT2D eigenvalue weighted by atomic mass is 19.1. The summed E-state index contributed by atoms with van der Waals surface area (Å²) in [5.74, 6) is -1.01. The molecule has 2 aromatic rings. The van der Waals surface area contributed by atoms with E-state index in [0.29, 0.717) is 61.7 Å². The third-order valence-corrected chi connectivity index (χ3v) is 6.49. The Hall–Kier alpha value is -3.72. The minimum atomic E-state index is -0.828. The quantitative estimate of drug-likeness (QED) is 0.598. The Bertz CT molecular complexity index is 1150. The Kier molecular flexibility index (Phi) is 8.00. The molecule has 3 amide bonds. The number of amides is 3. The molecule has 0 radical (unpaired) electrons. The molecule has 0 saturated carbocycles. The van der Waals surface area contributed by atoms with Crippen molar-refractivity contribution in [3.8, 4) is 0 Å². The summed E-state index contributed by atoms with van der Waals surface area (Å²) in [6, 6.07) is 13.8. The molecule has 9 heteroatoms. The van der Waals surface area contributed by atoms with Crippen LogP contribution in [0.3, 0.4) is 0 Å². The van der Waals surface area contributed by atoms with Crippen LogP contribution in [-0.4, -0.2) is 78.5 Å². The summed E-state index contributed by atoms with van der Waals surface area (Å²) in [6.07, 6.45) is 0. The lowest BCUT2D eigenvalue weighted by atomic mass is 9.94. The highest BCUT2D eigenvalue weighted by Crippen LogP contribution is 2.32. The number of rotatable bonds is 7. The third-order valence-electron chi connectivity index (χ3n) is 6.49. The smallest absolute Gasteiger partial charge is 0.338 e. The van der Waals surface area contributed by atoms with Crippen LogP contribution in [-0.2, 0) is 9.53 Å². The fourth-order valence-electron chi connectivity index (χ4n) is 4.68. The van der Waals surface area contributed by atoms with Gasteiger partial charge in [-0.1, -0.05) is 30.3 Å². The monoisotopic (exact) mass is 494 g/mol. The van der Waals surface area contributed by atoms with Crippen LogP contribution in [0.1, 0.15) is 35.8 Å². The summed E-state index contributed by atoms with van der Waals surface area (Å²) in [7, 11) is 0. The number of likely N-dealkylation sites (N-methyl/N-ethyl adjacent to an activating group) is 1. The molecule has 8 nitrogen and oxygen atoms in total. The van der Waals surface area contributed by atoms with Crippen LogP contribution in [0.5, 0.6) is 0 Å². The Balaban J connectivity index is 1.60. The highest BCUT2D eigenvalue weighted by Gasteiger charge is 2.38. The van der Waals surface area contributed by atoms with Gasteiger partial charge in [-0.3, -0.25) is 14.6 Å². The number of urea groups is 1. The lowest BCUT2D eigenvalue weighted by Crippen LogP contribution is -2.53. The Labute approximate surface area is 210 Å². The molecule has 0 aliphatic carbocycles. The van der Waals surface area contributed by atoms with Gasteiger partial charge in [0.25, 0.3) is 5.91 Å². The van der Waals surface area contributed by atoms with E-state index in [0.717, 1.165) is 0 Å². The van der Waals surface area contributed by atoms with Crippen LogP contribution in [0.25, 0.3) is 0 Å². The van der Waals surface area contributed by atoms with E-state index in [-0.39, 0.29) is 18.5 Å². The predicted octanol–water partition coefficient (Wildman–Crippen LogP) is 3.19. The number of hydrogen-bond acceptors (Lipinski definition) is 5. The first-order valence-corrected chi connectivity index (χ1v) is 12.2. The number of ether oxygens (including phenoxy) is 1. The van der Waals surface area contributed by atoms with Gasteiger partial charge in [0.1, 0.15) is 5.82 Å². The first-order chi connectivity index (χ1) is 17.4. The number of benzene rings is 2. The zero-order valence-electron chi connectivity index (χ0n) is 20.6. The van der Waals surface area contributed by atoms with E-state index in [1.54, 1.807) is 31.2 Å². The molecule has 4 rings (SSSR count). The first-order valence-electron chi connectivity index (χ1n) is 12.2. The number of hydrogen-bond donors (Lipinski definition) is 1. The molecule has 36 heavy (non-hydrogen) atoms. The summed E-state index contributed by atoms with van der Waals surface area (Å²) in [6.45, 7) is 6.64. The normalized spacial score (nSPS) is 18.8. The zero-order valence-corrected chi connectivity index (χ0v) is 20.6. The van der Waals surface area contributed by atoms with Crippen molar-refractivity contribution in [3.05, 3.63) is 82.8 Å². The molecule has 0 aromatic heterocycles. The van der Waals surface area contributed by atoms with Gasteiger partial charge in [0.2, 0.25) is 0 Å². The molecule has 2 aromatic carbocycles. The zero-order chi connectivity index (χ0) is 25.7. The second-order valence-electron chi connectivity index (χ2n) is 8.70. The van der Waals surface area contributed by atoms with Crippen LogP contribution in [0.15, 0.2) is 65.9 Å². The average molecular weight is 495 g/mol. The molecule has 2 heterocycles. The summed E-state index contributed by atoms with van der Waals surface area (Å²) in [4.78, 5) is 44.5. The van der Waals surface area contributed by atoms with Crippen LogP contribution in [0.4, 0.5) is 9.18 Å². The van der Waals surface area contributed by atoms with Crippen molar-refractivity contribution < 1.29 is 23.5 Å². The van der Waals surface area contributed by atoms with E-state index in [1.807, 2.05) is 30.0 Å². The van der Waals surface area contributed by atoms with E-state index < -0.39 is 17.8 Å². The second-order valence-corrected chi connectivity index (χ2v) is 8.70. The molecule has 2 aliphatic heterocycles. The molecule has 0 spiro atoms. The van der Waals surface area contributed by atoms with Gasteiger partial charge in [-0.2, -0.15) is 0 Å². The molecule has 1 unspecified atom stereocenters. The number of halogens is 1. The van der Waals surface area contributed by atoms with E-state index >= 15 is 0 Å². The van der Waals surface area contributed by atoms with E-state index in [9.17, 15) is 18.8 Å². The van der Waals surface area contributed by atoms with Gasteiger partial charge in [-0.05, 0) is 43.7 Å². The van der Waals surface area contributed by atoms with Gasteiger partial charge in [-0.25, -0.2) is 14.0 Å². The van der Waals surface area contributed by atoms with E-state index in [4.69, 9.17) is 4.74 Å². The lowest BCUT2D eigenvalue weighted by molar-refractivity contribution is -0.139. The molecule has 2 aliphatic rings. The van der Waals surface area contributed by atoms with Crippen molar-refractivity contribution in [1.29, 1.82) is 0 Å². The van der Waals surface area contributed by atoms with Crippen molar-refractivity contribution >= 4 is 17.9 Å². The van der Waals surface area contributed by atoms with E-state index in [1.165, 1.54) is 17.0 Å². The molecular formula is C27H31FN4O4. The summed E-state index contributed by atoms with van der Waals surface area (Å²) in [5, 5.41) is 2.85.